The van der Waals surface area contributed by atoms with E-state index < -0.39 is 0 Å². The molecule has 0 radical (unpaired) electrons. The molecule has 0 saturated heterocycles. The number of carbonyl (C=O) groups is 1. The first-order valence-electron chi connectivity index (χ1n) is 5.89. The van der Waals surface area contributed by atoms with Gasteiger partial charge < -0.3 is 9.42 Å². The van der Waals surface area contributed by atoms with Crippen LogP contribution < -0.4 is 4.90 Å². The summed E-state index contributed by atoms with van der Waals surface area (Å²) in [5.41, 5.74) is 3.04. The zero-order valence-corrected chi connectivity index (χ0v) is 12.9. The van der Waals surface area contributed by atoms with Gasteiger partial charge in [-0.15, -0.1) is 0 Å². The lowest BCUT2D eigenvalue weighted by Crippen LogP contribution is -2.27. The lowest BCUT2D eigenvalue weighted by Gasteiger charge is -2.18. The summed E-state index contributed by atoms with van der Waals surface area (Å²) in [7, 11) is 1.73. The number of aryl methyl sites for hydroxylation is 3. The van der Waals surface area contributed by atoms with E-state index in [1.807, 2.05) is 32.0 Å². The van der Waals surface area contributed by atoms with Gasteiger partial charge in [-0.05, 0) is 38.5 Å². The number of hydrogen-bond acceptors (Lipinski definition) is 3. The molecule has 0 atom stereocenters. The third-order valence-electron chi connectivity index (χ3n) is 3.07. The van der Waals surface area contributed by atoms with Crippen LogP contribution in [0.4, 0.5) is 5.69 Å². The molecule has 0 aliphatic carbocycles. The number of benzene rings is 1. The van der Waals surface area contributed by atoms with Gasteiger partial charge in [0.25, 0.3) is 5.91 Å². The van der Waals surface area contributed by atoms with Crippen molar-refractivity contribution in [1.29, 1.82) is 0 Å². The van der Waals surface area contributed by atoms with Crippen LogP contribution in [-0.2, 0) is 0 Å². The maximum absolute atomic E-state index is 12.6. The van der Waals surface area contributed by atoms with Gasteiger partial charge in [0.05, 0.1) is 0 Å². The van der Waals surface area contributed by atoms with Crippen molar-refractivity contribution >= 4 is 27.5 Å². The number of hydrogen-bond donors (Lipinski definition) is 0. The second-order valence-corrected chi connectivity index (χ2v) is 5.41. The Labute approximate surface area is 120 Å². The molecule has 100 valence electrons. The van der Waals surface area contributed by atoms with E-state index in [-0.39, 0.29) is 5.91 Å². The van der Waals surface area contributed by atoms with Crippen LogP contribution in [-0.4, -0.2) is 18.1 Å². The normalized spacial score (nSPS) is 10.6. The van der Waals surface area contributed by atoms with Crippen LogP contribution >= 0.6 is 15.9 Å². The highest BCUT2D eigenvalue weighted by molar-refractivity contribution is 9.10. The summed E-state index contributed by atoms with van der Waals surface area (Å²) in [6.07, 6.45) is 0. The fraction of sp³-hybridized carbons (Fsp3) is 0.286. The Morgan fingerprint density at radius 3 is 2.58 bits per heavy atom. The molecule has 2 aromatic rings. The van der Waals surface area contributed by atoms with E-state index in [4.69, 9.17) is 4.52 Å². The van der Waals surface area contributed by atoms with Gasteiger partial charge in [-0.3, -0.25) is 4.79 Å². The van der Waals surface area contributed by atoms with Crippen molar-refractivity contribution in [2.45, 2.75) is 20.8 Å². The molecule has 0 spiro atoms. The molecule has 0 aliphatic rings. The SMILES string of the molecule is Cc1ccc(Br)cc1C(=O)N(C)c1c(C)noc1C. The summed E-state index contributed by atoms with van der Waals surface area (Å²) in [6.45, 7) is 5.54. The molecule has 1 aromatic heterocycles. The smallest absolute Gasteiger partial charge is 0.258 e. The standard InChI is InChI=1S/C14H15BrN2O2/c1-8-5-6-11(15)7-12(8)14(18)17(4)13-9(2)16-19-10(13)3/h5-7H,1-4H3. The zero-order valence-electron chi connectivity index (χ0n) is 11.3. The van der Waals surface area contributed by atoms with Crippen molar-refractivity contribution in [2.75, 3.05) is 11.9 Å². The van der Waals surface area contributed by atoms with E-state index in [2.05, 4.69) is 21.1 Å². The predicted octanol–water partition coefficient (Wildman–Crippen LogP) is 3.64. The number of anilines is 1. The number of amides is 1. The Hall–Kier alpha value is -1.62. The molecule has 2 rings (SSSR count). The van der Waals surface area contributed by atoms with Crippen LogP contribution in [0.2, 0.25) is 0 Å². The largest absolute Gasteiger partial charge is 0.359 e. The van der Waals surface area contributed by atoms with Gasteiger partial charge in [0, 0.05) is 17.1 Å². The molecule has 4 nitrogen and oxygen atoms in total. The fourth-order valence-corrected chi connectivity index (χ4v) is 2.42. The van der Waals surface area contributed by atoms with E-state index in [1.165, 1.54) is 0 Å². The molecule has 0 fully saturated rings. The van der Waals surface area contributed by atoms with Crippen molar-refractivity contribution in [2.24, 2.45) is 0 Å². The first-order valence-corrected chi connectivity index (χ1v) is 6.68. The minimum absolute atomic E-state index is 0.0757. The zero-order chi connectivity index (χ0) is 14.2. The first kappa shape index (κ1) is 13.8. The summed E-state index contributed by atoms with van der Waals surface area (Å²) in [5, 5.41) is 3.88. The van der Waals surface area contributed by atoms with Gasteiger partial charge in [-0.25, -0.2) is 0 Å². The maximum Gasteiger partial charge on any atom is 0.258 e. The van der Waals surface area contributed by atoms with Crippen molar-refractivity contribution in [3.63, 3.8) is 0 Å². The molecule has 0 unspecified atom stereocenters. The van der Waals surface area contributed by atoms with Gasteiger partial charge in [0.2, 0.25) is 0 Å². The Morgan fingerprint density at radius 2 is 2.00 bits per heavy atom. The first-order chi connectivity index (χ1) is 8.91. The second kappa shape index (κ2) is 5.17. The Kier molecular flexibility index (Phi) is 3.75. The van der Waals surface area contributed by atoms with Crippen LogP contribution in [0.15, 0.2) is 27.2 Å². The lowest BCUT2D eigenvalue weighted by atomic mass is 10.1. The van der Waals surface area contributed by atoms with E-state index in [9.17, 15) is 4.79 Å². The molecule has 0 saturated carbocycles. The molecule has 0 bridgehead atoms. The van der Waals surface area contributed by atoms with E-state index in [0.717, 1.165) is 15.7 Å². The summed E-state index contributed by atoms with van der Waals surface area (Å²) in [6, 6.07) is 5.66. The number of carbonyl (C=O) groups excluding carboxylic acids is 1. The third-order valence-corrected chi connectivity index (χ3v) is 3.56. The summed E-state index contributed by atoms with van der Waals surface area (Å²) in [4.78, 5) is 14.1. The van der Waals surface area contributed by atoms with Crippen molar-refractivity contribution in [1.82, 2.24) is 5.16 Å². The van der Waals surface area contributed by atoms with Crippen LogP contribution in [0.5, 0.6) is 0 Å². The number of aromatic nitrogens is 1. The minimum Gasteiger partial charge on any atom is -0.359 e. The van der Waals surface area contributed by atoms with E-state index in [1.54, 1.807) is 18.9 Å². The quantitative estimate of drug-likeness (QED) is 0.848. The van der Waals surface area contributed by atoms with Crippen molar-refractivity contribution < 1.29 is 9.32 Å². The highest BCUT2D eigenvalue weighted by Crippen LogP contribution is 2.26. The lowest BCUT2D eigenvalue weighted by molar-refractivity contribution is 0.0992. The average molecular weight is 323 g/mol. The molecular weight excluding hydrogens is 308 g/mol. The minimum atomic E-state index is -0.0757. The molecule has 1 amide bonds. The van der Waals surface area contributed by atoms with E-state index >= 15 is 0 Å². The highest BCUT2D eigenvalue weighted by Gasteiger charge is 2.21. The average Bonchev–Trinajstić information content (AvgIpc) is 2.70. The molecular formula is C14H15BrN2O2. The number of halogens is 1. The second-order valence-electron chi connectivity index (χ2n) is 4.50. The Morgan fingerprint density at radius 1 is 1.32 bits per heavy atom. The Balaban J connectivity index is 2.42. The van der Waals surface area contributed by atoms with Crippen LogP contribution in [0, 0.1) is 20.8 Å². The Bertz CT molecular complexity index is 615. The summed E-state index contributed by atoms with van der Waals surface area (Å²) >= 11 is 3.39. The van der Waals surface area contributed by atoms with Crippen LogP contribution in [0.3, 0.4) is 0 Å². The molecule has 0 aliphatic heterocycles. The molecule has 5 heteroatoms. The van der Waals surface area contributed by atoms with Gasteiger partial charge >= 0.3 is 0 Å². The molecule has 1 heterocycles. The third kappa shape index (κ3) is 2.56. The summed E-state index contributed by atoms with van der Waals surface area (Å²) in [5.74, 6) is 0.564. The molecule has 19 heavy (non-hydrogen) atoms. The summed E-state index contributed by atoms with van der Waals surface area (Å²) < 4.78 is 5.99. The fourth-order valence-electron chi connectivity index (χ4n) is 2.06. The van der Waals surface area contributed by atoms with Gasteiger partial charge in [0.15, 0.2) is 5.76 Å². The van der Waals surface area contributed by atoms with Gasteiger partial charge in [-0.2, -0.15) is 0 Å². The van der Waals surface area contributed by atoms with Crippen molar-refractivity contribution in [3.8, 4) is 0 Å². The topological polar surface area (TPSA) is 46.3 Å². The highest BCUT2D eigenvalue weighted by atomic mass is 79.9. The number of rotatable bonds is 2. The van der Waals surface area contributed by atoms with E-state index in [0.29, 0.717) is 17.0 Å². The predicted molar refractivity (Wildman–Crippen MR) is 77.6 cm³/mol. The molecule has 0 N–H and O–H groups in total. The van der Waals surface area contributed by atoms with Crippen molar-refractivity contribution in [3.05, 3.63) is 45.3 Å². The van der Waals surface area contributed by atoms with Gasteiger partial charge in [0.1, 0.15) is 11.4 Å². The molecule has 1 aromatic carbocycles. The van der Waals surface area contributed by atoms with Gasteiger partial charge in [-0.1, -0.05) is 27.2 Å². The van der Waals surface area contributed by atoms with Crippen LogP contribution in [0.1, 0.15) is 27.4 Å². The van der Waals surface area contributed by atoms with Crippen LogP contribution in [0.25, 0.3) is 0 Å². The number of nitrogens with zero attached hydrogens (tertiary/aromatic N) is 2. The maximum atomic E-state index is 12.6. The monoisotopic (exact) mass is 322 g/mol.